The third kappa shape index (κ3) is 3.47. The summed E-state index contributed by atoms with van der Waals surface area (Å²) in [6.45, 7) is 1.48. The van der Waals surface area contributed by atoms with Gasteiger partial charge in [-0.05, 0) is 31.5 Å². The summed E-state index contributed by atoms with van der Waals surface area (Å²) < 4.78 is 37.2. The number of carbonyl (C=O) groups excluding carboxylic acids is 1. The summed E-state index contributed by atoms with van der Waals surface area (Å²) in [4.78, 5) is 16.9. The van der Waals surface area contributed by atoms with E-state index in [1.807, 2.05) is 0 Å². The fourth-order valence-electron chi connectivity index (χ4n) is 2.23. The number of nitrogens with zero attached hydrogens (tertiary/aromatic N) is 2. The first-order chi connectivity index (χ1) is 9.38. The van der Waals surface area contributed by atoms with Gasteiger partial charge in [0.05, 0.1) is 5.56 Å². The third-order valence-electron chi connectivity index (χ3n) is 3.30. The lowest BCUT2D eigenvalue weighted by Gasteiger charge is -2.21. The van der Waals surface area contributed by atoms with Gasteiger partial charge < -0.3 is 10.2 Å². The van der Waals surface area contributed by atoms with Crippen molar-refractivity contribution in [3.8, 4) is 0 Å². The van der Waals surface area contributed by atoms with Crippen LogP contribution in [0.3, 0.4) is 0 Å². The fraction of sp³-hybridized carbons (Fsp3) is 0.538. The number of halogens is 3. The molecule has 0 radical (unpaired) electrons. The highest BCUT2D eigenvalue weighted by atomic mass is 19.4. The van der Waals surface area contributed by atoms with E-state index in [1.165, 1.54) is 4.90 Å². The maximum Gasteiger partial charge on any atom is 0.433 e. The molecule has 2 rings (SSSR count). The molecular formula is C13H16F3N3O. The van der Waals surface area contributed by atoms with Crippen molar-refractivity contribution in [2.45, 2.75) is 25.1 Å². The predicted octanol–water partition coefficient (Wildman–Crippen LogP) is 1.92. The number of amides is 1. The van der Waals surface area contributed by atoms with Crippen LogP contribution in [0, 0.1) is 0 Å². The molecule has 0 spiro atoms. The zero-order chi connectivity index (χ0) is 14.8. The van der Waals surface area contributed by atoms with Crippen LogP contribution in [0.15, 0.2) is 18.3 Å². The number of likely N-dealkylation sites (N-methyl/N-ethyl adjacent to an activating group) is 1. The first-order valence-electron chi connectivity index (χ1n) is 6.40. The zero-order valence-electron chi connectivity index (χ0n) is 11.1. The molecular weight excluding hydrogens is 271 g/mol. The first kappa shape index (κ1) is 14.8. The van der Waals surface area contributed by atoms with Gasteiger partial charge in [-0.25, -0.2) is 0 Å². The summed E-state index contributed by atoms with van der Waals surface area (Å²) in [5, 5.41) is 3.26. The van der Waals surface area contributed by atoms with Gasteiger partial charge in [0.1, 0.15) is 5.69 Å². The molecule has 0 bridgehead atoms. The number of hydrogen-bond donors (Lipinski definition) is 1. The van der Waals surface area contributed by atoms with Crippen LogP contribution >= 0.6 is 0 Å². The second kappa shape index (κ2) is 5.78. The molecule has 0 aliphatic carbocycles. The SMILES string of the molecule is CN(CC1CCCN1)C(=O)c1ccc(C(F)(F)F)nc1. The van der Waals surface area contributed by atoms with E-state index >= 15 is 0 Å². The van der Waals surface area contributed by atoms with Gasteiger partial charge in [0, 0.05) is 25.8 Å². The monoisotopic (exact) mass is 287 g/mol. The Kier molecular flexibility index (Phi) is 4.27. The van der Waals surface area contributed by atoms with Gasteiger partial charge in [-0.1, -0.05) is 0 Å². The van der Waals surface area contributed by atoms with Crippen molar-refractivity contribution in [2.24, 2.45) is 0 Å². The van der Waals surface area contributed by atoms with E-state index in [1.54, 1.807) is 7.05 Å². The van der Waals surface area contributed by atoms with E-state index < -0.39 is 11.9 Å². The number of carbonyl (C=O) groups is 1. The van der Waals surface area contributed by atoms with Gasteiger partial charge >= 0.3 is 6.18 Å². The molecule has 1 aromatic rings. The molecule has 0 aromatic carbocycles. The van der Waals surface area contributed by atoms with Crippen LogP contribution in [0.2, 0.25) is 0 Å². The molecule has 1 aromatic heterocycles. The lowest BCUT2D eigenvalue weighted by atomic mass is 10.2. The van der Waals surface area contributed by atoms with Gasteiger partial charge in [0.15, 0.2) is 0 Å². The molecule has 0 saturated carbocycles. The van der Waals surface area contributed by atoms with E-state index in [-0.39, 0.29) is 17.5 Å². The van der Waals surface area contributed by atoms with Crippen molar-refractivity contribution in [2.75, 3.05) is 20.1 Å². The molecule has 2 heterocycles. The maximum absolute atomic E-state index is 12.4. The van der Waals surface area contributed by atoms with Crippen LogP contribution in [-0.4, -0.2) is 42.0 Å². The Morgan fingerprint density at radius 2 is 2.25 bits per heavy atom. The molecule has 110 valence electrons. The second-order valence-corrected chi connectivity index (χ2v) is 4.91. The summed E-state index contributed by atoms with van der Waals surface area (Å²) in [6, 6.07) is 2.25. The van der Waals surface area contributed by atoms with Gasteiger partial charge in [-0.3, -0.25) is 9.78 Å². The Balaban J connectivity index is 2.01. The number of nitrogens with one attached hydrogen (secondary N) is 1. The summed E-state index contributed by atoms with van der Waals surface area (Å²) in [7, 11) is 1.64. The molecule has 1 fully saturated rings. The lowest BCUT2D eigenvalue weighted by molar-refractivity contribution is -0.141. The largest absolute Gasteiger partial charge is 0.433 e. The van der Waals surface area contributed by atoms with Gasteiger partial charge in [-0.15, -0.1) is 0 Å². The average molecular weight is 287 g/mol. The van der Waals surface area contributed by atoms with E-state index in [0.29, 0.717) is 6.54 Å². The van der Waals surface area contributed by atoms with Crippen molar-refractivity contribution < 1.29 is 18.0 Å². The topological polar surface area (TPSA) is 45.2 Å². The van der Waals surface area contributed by atoms with Crippen LogP contribution in [0.4, 0.5) is 13.2 Å². The van der Waals surface area contributed by atoms with E-state index in [2.05, 4.69) is 10.3 Å². The number of rotatable bonds is 3. The van der Waals surface area contributed by atoms with Crippen LogP contribution < -0.4 is 5.32 Å². The highest BCUT2D eigenvalue weighted by molar-refractivity contribution is 5.93. The molecule has 1 unspecified atom stereocenters. The summed E-state index contributed by atoms with van der Waals surface area (Å²) in [5.74, 6) is -0.320. The van der Waals surface area contributed by atoms with Crippen molar-refractivity contribution >= 4 is 5.91 Å². The number of aromatic nitrogens is 1. The number of alkyl halides is 3. The smallest absolute Gasteiger partial charge is 0.340 e. The van der Waals surface area contributed by atoms with Gasteiger partial charge in [-0.2, -0.15) is 13.2 Å². The number of pyridine rings is 1. The summed E-state index contributed by atoms with van der Waals surface area (Å²) in [5.41, 5.74) is -0.826. The minimum absolute atomic E-state index is 0.165. The van der Waals surface area contributed by atoms with E-state index in [4.69, 9.17) is 0 Å². The Bertz CT molecular complexity index is 467. The Morgan fingerprint density at radius 3 is 2.75 bits per heavy atom. The van der Waals surface area contributed by atoms with E-state index in [9.17, 15) is 18.0 Å². The molecule has 7 heteroatoms. The van der Waals surface area contributed by atoms with Crippen molar-refractivity contribution in [1.29, 1.82) is 0 Å². The van der Waals surface area contributed by atoms with Crippen LogP contribution in [-0.2, 0) is 6.18 Å². The second-order valence-electron chi connectivity index (χ2n) is 4.91. The lowest BCUT2D eigenvalue weighted by Crippen LogP contribution is -2.38. The molecule has 4 nitrogen and oxygen atoms in total. The standard InChI is InChI=1S/C13H16F3N3O/c1-19(8-10-3-2-6-17-10)12(20)9-4-5-11(18-7-9)13(14,15)16/h4-5,7,10,17H,2-3,6,8H2,1H3. The molecule has 1 aliphatic heterocycles. The minimum Gasteiger partial charge on any atom is -0.340 e. The Hall–Kier alpha value is -1.63. The van der Waals surface area contributed by atoms with Gasteiger partial charge in [0.2, 0.25) is 0 Å². The first-order valence-corrected chi connectivity index (χ1v) is 6.40. The summed E-state index contributed by atoms with van der Waals surface area (Å²) >= 11 is 0. The Labute approximate surface area is 115 Å². The third-order valence-corrected chi connectivity index (χ3v) is 3.30. The zero-order valence-corrected chi connectivity index (χ0v) is 11.1. The van der Waals surface area contributed by atoms with Gasteiger partial charge in [0.25, 0.3) is 5.91 Å². The highest BCUT2D eigenvalue weighted by Crippen LogP contribution is 2.27. The average Bonchev–Trinajstić information content (AvgIpc) is 2.90. The molecule has 1 saturated heterocycles. The summed E-state index contributed by atoms with van der Waals surface area (Å²) in [6.07, 6.45) is -1.43. The normalized spacial score (nSPS) is 19.1. The molecule has 1 N–H and O–H groups in total. The van der Waals surface area contributed by atoms with E-state index in [0.717, 1.165) is 37.7 Å². The van der Waals surface area contributed by atoms with Crippen molar-refractivity contribution in [3.05, 3.63) is 29.6 Å². The maximum atomic E-state index is 12.4. The molecule has 1 aliphatic rings. The molecule has 20 heavy (non-hydrogen) atoms. The van der Waals surface area contributed by atoms with Crippen LogP contribution in [0.1, 0.15) is 28.9 Å². The van der Waals surface area contributed by atoms with Crippen molar-refractivity contribution in [1.82, 2.24) is 15.2 Å². The fourth-order valence-corrected chi connectivity index (χ4v) is 2.23. The predicted molar refractivity (Wildman–Crippen MR) is 67.2 cm³/mol. The highest BCUT2D eigenvalue weighted by Gasteiger charge is 2.32. The minimum atomic E-state index is -4.48. The Morgan fingerprint density at radius 1 is 1.50 bits per heavy atom. The molecule has 1 atom stereocenters. The van der Waals surface area contributed by atoms with Crippen molar-refractivity contribution in [3.63, 3.8) is 0 Å². The molecule has 1 amide bonds. The van der Waals surface area contributed by atoms with Crippen LogP contribution in [0.25, 0.3) is 0 Å². The number of hydrogen-bond acceptors (Lipinski definition) is 3. The quantitative estimate of drug-likeness (QED) is 0.924. The van der Waals surface area contributed by atoms with Crippen LogP contribution in [0.5, 0.6) is 0 Å².